The molecule has 1 amide bonds. The zero-order chi connectivity index (χ0) is 21.0. The summed E-state index contributed by atoms with van der Waals surface area (Å²) in [6, 6.07) is 22.1. The van der Waals surface area contributed by atoms with E-state index < -0.39 is 0 Å². The fraction of sp³-hybridized carbons (Fsp3) is 0.269. The summed E-state index contributed by atoms with van der Waals surface area (Å²) in [5.41, 5.74) is 5.93. The van der Waals surface area contributed by atoms with E-state index in [1.54, 1.807) is 7.11 Å². The Hall–Kier alpha value is -3.07. The Kier molecular flexibility index (Phi) is 6.38. The number of methoxy groups -OCH3 is 1. The Balaban J connectivity index is 1.99. The number of hydrogen-bond donors (Lipinski definition) is 1. The number of aryl methyl sites for hydroxylation is 2. The van der Waals surface area contributed by atoms with E-state index in [4.69, 9.17) is 4.74 Å². The van der Waals surface area contributed by atoms with Gasteiger partial charge in [0.2, 0.25) is 0 Å². The minimum Gasteiger partial charge on any atom is -0.496 e. The van der Waals surface area contributed by atoms with Crippen LogP contribution in [-0.2, 0) is 0 Å². The number of rotatable bonds is 6. The highest BCUT2D eigenvalue weighted by molar-refractivity contribution is 5.96. The van der Waals surface area contributed by atoms with Crippen LogP contribution in [0.15, 0.2) is 66.7 Å². The molecule has 1 N–H and O–H groups in total. The van der Waals surface area contributed by atoms with E-state index in [2.05, 4.69) is 50.4 Å². The number of carbonyl (C=O) groups is 1. The maximum Gasteiger partial charge on any atom is 0.252 e. The van der Waals surface area contributed by atoms with Crippen molar-refractivity contribution in [2.24, 2.45) is 0 Å². The van der Waals surface area contributed by atoms with Gasteiger partial charge in [-0.3, -0.25) is 4.79 Å². The van der Waals surface area contributed by atoms with E-state index in [0.717, 1.165) is 28.0 Å². The Morgan fingerprint density at radius 2 is 1.52 bits per heavy atom. The molecule has 29 heavy (non-hydrogen) atoms. The first-order valence-electron chi connectivity index (χ1n) is 10.0. The summed E-state index contributed by atoms with van der Waals surface area (Å²) in [6.45, 7) is 8.22. The van der Waals surface area contributed by atoms with Crippen LogP contribution in [0.3, 0.4) is 0 Å². The normalized spacial score (nSPS) is 11.9. The molecule has 0 spiro atoms. The van der Waals surface area contributed by atoms with E-state index in [0.29, 0.717) is 5.56 Å². The molecule has 3 aromatic carbocycles. The fourth-order valence-corrected chi connectivity index (χ4v) is 3.54. The van der Waals surface area contributed by atoms with Crippen molar-refractivity contribution in [3.63, 3.8) is 0 Å². The lowest BCUT2D eigenvalue weighted by molar-refractivity contribution is 0.0942. The molecule has 3 nitrogen and oxygen atoms in total. The van der Waals surface area contributed by atoms with Gasteiger partial charge in [0.05, 0.1) is 13.2 Å². The van der Waals surface area contributed by atoms with Crippen LogP contribution in [0.4, 0.5) is 0 Å². The van der Waals surface area contributed by atoms with E-state index in [-0.39, 0.29) is 17.9 Å². The van der Waals surface area contributed by atoms with Gasteiger partial charge in [-0.1, -0.05) is 74.0 Å². The number of benzene rings is 3. The van der Waals surface area contributed by atoms with Crippen LogP contribution in [0.2, 0.25) is 0 Å². The molecule has 3 heteroatoms. The van der Waals surface area contributed by atoms with Crippen molar-refractivity contribution in [1.29, 1.82) is 0 Å². The molecule has 0 saturated carbocycles. The molecular weight excluding hydrogens is 358 g/mol. The SMILES string of the molecule is COc1cc(C)c(C(=O)N[C@@H](c2ccccc2)c2ccc(C)cc2)cc1C(C)C. The number of ether oxygens (including phenoxy) is 1. The third-order valence-electron chi connectivity index (χ3n) is 5.26. The Morgan fingerprint density at radius 1 is 0.897 bits per heavy atom. The third kappa shape index (κ3) is 4.68. The summed E-state index contributed by atoms with van der Waals surface area (Å²) < 4.78 is 5.52. The lowest BCUT2D eigenvalue weighted by atomic mass is 9.94. The average molecular weight is 388 g/mol. The second kappa shape index (κ2) is 8.95. The molecule has 0 fully saturated rings. The fourth-order valence-electron chi connectivity index (χ4n) is 3.54. The minimum atomic E-state index is -0.215. The lowest BCUT2D eigenvalue weighted by Gasteiger charge is -2.22. The van der Waals surface area contributed by atoms with Crippen LogP contribution >= 0.6 is 0 Å². The molecule has 0 aliphatic rings. The van der Waals surface area contributed by atoms with Gasteiger partial charge in [0.15, 0.2) is 0 Å². The molecule has 3 rings (SSSR count). The Morgan fingerprint density at radius 3 is 2.10 bits per heavy atom. The molecule has 1 atom stereocenters. The first kappa shape index (κ1) is 20.7. The topological polar surface area (TPSA) is 38.3 Å². The van der Waals surface area contributed by atoms with E-state index >= 15 is 0 Å². The second-order valence-corrected chi connectivity index (χ2v) is 7.79. The first-order chi connectivity index (χ1) is 13.9. The van der Waals surface area contributed by atoms with Gasteiger partial charge in [-0.25, -0.2) is 0 Å². The molecule has 0 aliphatic carbocycles. The van der Waals surface area contributed by atoms with E-state index in [1.807, 2.05) is 49.4 Å². The molecule has 0 unspecified atom stereocenters. The van der Waals surface area contributed by atoms with Gasteiger partial charge in [-0.15, -0.1) is 0 Å². The summed E-state index contributed by atoms with van der Waals surface area (Å²) in [7, 11) is 1.67. The number of amides is 1. The number of nitrogens with one attached hydrogen (secondary N) is 1. The molecule has 0 bridgehead atoms. The molecule has 150 valence electrons. The molecule has 0 saturated heterocycles. The summed E-state index contributed by atoms with van der Waals surface area (Å²) >= 11 is 0. The van der Waals surface area contributed by atoms with Gasteiger partial charge in [0, 0.05) is 5.56 Å². The van der Waals surface area contributed by atoms with Gasteiger partial charge < -0.3 is 10.1 Å². The summed E-state index contributed by atoms with van der Waals surface area (Å²) in [6.07, 6.45) is 0. The largest absolute Gasteiger partial charge is 0.496 e. The maximum absolute atomic E-state index is 13.3. The molecule has 3 aromatic rings. The van der Waals surface area contributed by atoms with Gasteiger partial charge in [0.1, 0.15) is 5.75 Å². The van der Waals surface area contributed by atoms with Crippen molar-refractivity contribution in [3.8, 4) is 5.75 Å². The molecular formula is C26H29NO2. The zero-order valence-corrected chi connectivity index (χ0v) is 17.8. The van der Waals surface area contributed by atoms with Crippen LogP contribution in [0.5, 0.6) is 5.75 Å². The van der Waals surface area contributed by atoms with Crippen LogP contribution in [-0.4, -0.2) is 13.0 Å². The monoisotopic (exact) mass is 387 g/mol. The smallest absolute Gasteiger partial charge is 0.252 e. The van der Waals surface area contributed by atoms with Crippen molar-refractivity contribution in [2.75, 3.05) is 7.11 Å². The summed E-state index contributed by atoms with van der Waals surface area (Å²) in [5.74, 6) is 1.01. The minimum absolute atomic E-state index is 0.0820. The second-order valence-electron chi connectivity index (χ2n) is 7.79. The van der Waals surface area contributed by atoms with Crippen molar-refractivity contribution in [3.05, 3.63) is 100 Å². The van der Waals surface area contributed by atoms with Crippen molar-refractivity contribution < 1.29 is 9.53 Å². The van der Waals surface area contributed by atoms with E-state index in [1.165, 1.54) is 5.56 Å². The van der Waals surface area contributed by atoms with Crippen molar-refractivity contribution >= 4 is 5.91 Å². The van der Waals surface area contributed by atoms with Crippen molar-refractivity contribution in [1.82, 2.24) is 5.32 Å². The van der Waals surface area contributed by atoms with Crippen LogP contribution < -0.4 is 10.1 Å². The summed E-state index contributed by atoms with van der Waals surface area (Å²) in [4.78, 5) is 13.3. The van der Waals surface area contributed by atoms with Crippen LogP contribution in [0.1, 0.15) is 64.0 Å². The Bertz CT molecular complexity index is 976. The van der Waals surface area contributed by atoms with Gasteiger partial charge >= 0.3 is 0 Å². The number of hydrogen-bond acceptors (Lipinski definition) is 2. The molecule has 0 heterocycles. The Labute approximate surface area is 173 Å². The summed E-state index contributed by atoms with van der Waals surface area (Å²) in [5, 5.41) is 3.25. The van der Waals surface area contributed by atoms with Gasteiger partial charge in [-0.05, 0) is 54.2 Å². The van der Waals surface area contributed by atoms with Gasteiger partial charge in [-0.2, -0.15) is 0 Å². The lowest BCUT2D eigenvalue weighted by Crippen LogP contribution is -2.30. The molecule has 0 aliphatic heterocycles. The predicted molar refractivity (Wildman–Crippen MR) is 119 cm³/mol. The average Bonchev–Trinajstić information content (AvgIpc) is 2.72. The predicted octanol–water partition coefficient (Wildman–Crippen LogP) is 5.95. The third-order valence-corrected chi connectivity index (χ3v) is 5.26. The van der Waals surface area contributed by atoms with Gasteiger partial charge in [0.25, 0.3) is 5.91 Å². The van der Waals surface area contributed by atoms with Crippen molar-refractivity contribution in [2.45, 2.75) is 39.7 Å². The van der Waals surface area contributed by atoms with E-state index in [9.17, 15) is 4.79 Å². The zero-order valence-electron chi connectivity index (χ0n) is 17.8. The highest BCUT2D eigenvalue weighted by Crippen LogP contribution is 2.30. The van der Waals surface area contributed by atoms with Crippen LogP contribution in [0.25, 0.3) is 0 Å². The number of carbonyl (C=O) groups excluding carboxylic acids is 1. The quantitative estimate of drug-likeness (QED) is 0.567. The molecule has 0 radical (unpaired) electrons. The standard InChI is InChI=1S/C26H29NO2/c1-17(2)22-16-23(19(4)15-24(22)29-5)26(28)27-25(20-9-7-6-8-10-20)21-13-11-18(3)12-14-21/h6-17,25H,1-5H3,(H,27,28)/t25-/m0/s1. The first-order valence-corrected chi connectivity index (χ1v) is 10.0. The van der Waals surface area contributed by atoms with Crippen LogP contribution in [0, 0.1) is 13.8 Å². The maximum atomic E-state index is 13.3. The molecule has 0 aromatic heterocycles. The highest BCUT2D eigenvalue weighted by Gasteiger charge is 2.21. The highest BCUT2D eigenvalue weighted by atomic mass is 16.5.